The summed E-state index contributed by atoms with van der Waals surface area (Å²) in [4.78, 5) is 27.4. The van der Waals surface area contributed by atoms with Gasteiger partial charge in [-0.1, -0.05) is 48.5 Å². The molecule has 0 aromatic heterocycles. The number of carbonyl (C=O) groups excluding carboxylic acids is 2. The lowest BCUT2D eigenvalue weighted by atomic mass is 10.1. The zero-order valence-corrected chi connectivity index (χ0v) is 12.8. The number of quaternary nitrogens is 1. The number of hydrogen-bond donors (Lipinski definition) is 1. The second-order valence-corrected chi connectivity index (χ2v) is 4.69. The fourth-order valence-electron chi connectivity index (χ4n) is 2.06. The summed E-state index contributed by atoms with van der Waals surface area (Å²) in [5, 5.41) is 2.29. The average Bonchev–Trinajstić information content (AvgIpc) is 2.58. The van der Waals surface area contributed by atoms with E-state index in [-0.39, 0.29) is 0 Å². The quantitative estimate of drug-likeness (QED) is 0.289. The van der Waals surface area contributed by atoms with Gasteiger partial charge in [0.15, 0.2) is 7.11 Å². The number of allylic oxidation sites excluding steroid dienone is 2. The van der Waals surface area contributed by atoms with Gasteiger partial charge in [-0.25, -0.2) is 4.79 Å². The summed E-state index contributed by atoms with van der Waals surface area (Å²) >= 11 is 0. The normalized spacial score (nSPS) is 11.2. The lowest BCUT2D eigenvalue weighted by molar-refractivity contribution is -0.884. The molecule has 23 heavy (non-hydrogen) atoms. The number of carbonyl (C=O) groups is 2. The highest BCUT2D eigenvalue weighted by atomic mass is 16.7. The topological polar surface area (TPSA) is 72.0 Å². The first-order chi connectivity index (χ1) is 11.2. The van der Waals surface area contributed by atoms with E-state index in [4.69, 9.17) is 4.84 Å². The van der Waals surface area contributed by atoms with Gasteiger partial charge in [0, 0.05) is 11.6 Å². The molecular weight excluding hydrogens is 294 g/mol. The van der Waals surface area contributed by atoms with Crippen LogP contribution >= 0.6 is 0 Å². The molecule has 2 aromatic rings. The lowest BCUT2D eigenvalue weighted by Gasteiger charge is -2.04. The van der Waals surface area contributed by atoms with Crippen LogP contribution in [0.15, 0.2) is 66.8 Å². The van der Waals surface area contributed by atoms with Crippen molar-refractivity contribution < 1.29 is 24.6 Å². The smallest absolute Gasteiger partial charge is 0.316 e. The van der Waals surface area contributed by atoms with E-state index in [9.17, 15) is 9.59 Å². The second kappa shape index (κ2) is 8.51. The van der Waals surface area contributed by atoms with Crippen molar-refractivity contribution in [1.82, 2.24) is 0 Å². The molecule has 0 atom stereocenters. The Morgan fingerprint density at radius 1 is 1.13 bits per heavy atom. The molecule has 0 aliphatic carbocycles. The van der Waals surface area contributed by atoms with Gasteiger partial charge in [-0.2, -0.15) is 5.48 Å². The summed E-state index contributed by atoms with van der Waals surface area (Å²) in [6.45, 7) is 0.527. The Kier molecular flexibility index (Phi) is 6.08. The SMILES string of the molecule is COC(=[O+])/C=C\C=C/C(=O)O[NH2+]Cc1cccc2ccccc12. The molecule has 2 rings (SSSR count). The lowest BCUT2D eigenvalue weighted by Crippen LogP contribution is -2.82. The van der Waals surface area contributed by atoms with Crippen LogP contribution in [-0.2, 0) is 25.7 Å². The Balaban J connectivity index is 1.84. The fourth-order valence-corrected chi connectivity index (χ4v) is 2.06. The minimum atomic E-state index is -0.500. The Bertz CT molecular complexity index is 744. The molecule has 0 bridgehead atoms. The Morgan fingerprint density at radius 2 is 1.87 bits per heavy atom. The van der Waals surface area contributed by atoms with Gasteiger partial charge in [0.05, 0.1) is 10.9 Å². The van der Waals surface area contributed by atoms with Crippen LogP contribution in [0.25, 0.3) is 10.8 Å². The van der Waals surface area contributed by atoms with Gasteiger partial charge in [0.2, 0.25) is 0 Å². The number of fused-ring (bicyclic) bond motifs is 1. The van der Waals surface area contributed by atoms with Crippen molar-refractivity contribution in [1.29, 1.82) is 0 Å². The summed E-state index contributed by atoms with van der Waals surface area (Å²) < 4.78 is 4.42. The van der Waals surface area contributed by atoms with E-state index in [0.717, 1.165) is 16.3 Å². The van der Waals surface area contributed by atoms with Crippen LogP contribution in [0.1, 0.15) is 5.56 Å². The third kappa shape index (κ3) is 5.09. The first-order valence-corrected chi connectivity index (χ1v) is 7.12. The highest BCUT2D eigenvalue weighted by Gasteiger charge is 2.06. The van der Waals surface area contributed by atoms with Crippen LogP contribution in [-0.4, -0.2) is 19.0 Å². The summed E-state index contributed by atoms with van der Waals surface area (Å²) in [7, 11) is 1.28. The zero-order valence-electron chi connectivity index (χ0n) is 12.8. The van der Waals surface area contributed by atoms with Crippen LogP contribution in [0.4, 0.5) is 0 Å². The van der Waals surface area contributed by atoms with E-state index in [2.05, 4.69) is 4.74 Å². The molecule has 5 nitrogen and oxygen atoms in total. The third-order valence-corrected chi connectivity index (χ3v) is 3.16. The van der Waals surface area contributed by atoms with E-state index in [1.54, 1.807) is 0 Å². The first-order valence-electron chi connectivity index (χ1n) is 7.12. The molecule has 0 saturated carbocycles. The molecule has 2 aromatic carbocycles. The maximum absolute atomic E-state index is 11.5. The number of hydrogen-bond acceptors (Lipinski definition) is 4. The van der Waals surface area contributed by atoms with Crippen molar-refractivity contribution in [3.63, 3.8) is 0 Å². The molecule has 0 aliphatic heterocycles. The van der Waals surface area contributed by atoms with Crippen LogP contribution in [0, 0.1) is 0 Å². The van der Waals surface area contributed by atoms with Crippen molar-refractivity contribution in [2.45, 2.75) is 6.54 Å². The van der Waals surface area contributed by atoms with E-state index < -0.39 is 11.9 Å². The summed E-state index contributed by atoms with van der Waals surface area (Å²) in [6, 6.07) is 14.1. The number of ether oxygens (including phenoxy) is 1. The van der Waals surface area contributed by atoms with Crippen molar-refractivity contribution in [3.8, 4) is 0 Å². The molecular formula is C18H18NO4+2. The highest BCUT2D eigenvalue weighted by Crippen LogP contribution is 2.17. The van der Waals surface area contributed by atoms with Gasteiger partial charge in [-0.15, -0.1) is 0 Å². The standard InChI is InChI=1S/C18H17NO4/c1-22-17(20)11-4-5-12-18(21)23-19-13-15-9-6-8-14-7-2-3-10-16(14)15/h2-12,19H,13H2,1H3/q+1/p+1/b11-4-,12-5-. The van der Waals surface area contributed by atoms with Crippen molar-refractivity contribution in [3.05, 3.63) is 72.3 Å². The number of esters is 1. The Hall–Kier alpha value is -2.92. The van der Waals surface area contributed by atoms with Crippen molar-refractivity contribution in [2.24, 2.45) is 0 Å². The van der Waals surface area contributed by atoms with E-state index in [1.165, 1.54) is 36.9 Å². The predicted octanol–water partition coefficient (Wildman–Crippen LogP) is 1.65. The molecule has 0 heterocycles. The number of methoxy groups -OCH3 is 1. The summed E-state index contributed by atoms with van der Waals surface area (Å²) in [5.74, 6) is -0.981. The van der Waals surface area contributed by atoms with Gasteiger partial charge in [0.1, 0.15) is 6.54 Å². The molecule has 117 valence electrons. The molecule has 1 radical (unpaired) electrons. The van der Waals surface area contributed by atoms with Gasteiger partial charge >= 0.3 is 11.9 Å². The fraction of sp³-hybridized carbons (Fsp3) is 0.111. The van der Waals surface area contributed by atoms with Gasteiger partial charge < -0.3 is 4.74 Å². The minimum absolute atomic E-state index is 0.481. The van der Waals surface area contributed by atoms with Crippen LogP contribution in [0.2, 0.25) is 0 Å². The van der Waals surface area contributed by atoms with Crippen LogP contribution < -0.4 is 5.48 Å². The molecule has 2 N–H and O–H groups in total. The molecule has 0 saturated heterocycles. The minimum Gasteiger partial charge on any atom is -0.316 e. The van der Waals surface area contributed by atoms with E-state index in [0.29, 0.717) is 6.54 Å². The first kappa shape index (κ1) is 16.5. The van der Waals surface area contributed by atoms with Crippen molar-refractivity contribution in [2.75, 3.05) is 7.11 Å². The molecule has 0 spiro atoms. The Labute approximate surface area is 134 Å². The second-order valence-electron chi connectivity index (χ2n) is 4.69. The molecule has 0 fully saturated rings. The third-order valence-electron chi connectivity index (χ3n) is 3.16. The van der Waals surface area contributed by atoms with Gasteiger partial charge in [-0.05, 0) is 16.8 Å². The number of rotatable bonds is 6. The summed E-state index contributed by atoms with van der Waals surface area (Å²) in [5.41, 5.74) is 2.56. The van der Waals surface area contributed by atoms with Gasteiger partial charge in [0.25, 0.3) is 0 Å². The van der Waals surface area contributed by atoms with E-state index in [1.807, 2.05) is 42.5 Å². The summed E-state index contributed by atoms with van der Waals surface area (Å²) in [6.07, 6.45) is 5.28. The molecule has 0 aliphatic rings. The van der Waals surface area contributed by atoms with Crippen LogP contribution in [0.3, 0.4) is 0 Å². The number of hydroxylamine groups is 1. The highest BCUT2D eigenvalue weighted by molar-refractivity contribution is 5.85. The maximum Gasteiger partial charge on any atom is 0.599 e. The monoisotopic (exact) mass is 312 g/mol. The molecule has 0 unspecified atom stereocenters. The average molecular weight is 312 g/mol. The van der Waals surface area contributed by atoms with E-state index >= 15 is 0 Å². The van der Waals surface area contributed by atoms with Crippen molar-refractivity contribution >= 4 is 22.7 Å². The molecule has 5 heteroatoms. The zero-order chi connectivity index (χ0) is 16.5. The number of nitrogens with two attached hydrogens (primary N) is 1. The van der Waals surface area contributed by atoms with Gasteiger partial charge in [-0.3, -0.25) is 4.84 Å². The van der Waals surface area contributed by atoms with Crippen LogP contribution in [0.5, 0.6) is 0 Å². The largest absolute Gasteiger partial charge is 0.599 e. The molecule has 0 amide bonds. The predicted molar refractivity (Wildman–Crippen MR) is 86.0 cm³/mol. The number of benzene rings is 2. The maximum atomic E-state index is 11.5. The Morgan fingerprint density at radius 3 is 2.70 bits per heavy atom.